The molecule has 8 nitrogen and oxygen atoms in total. The summed E-state index contributed by atoms with van der Waals surface area (Å²) < 4.78 is 33.2. The Morgan fingerprint density at radius 3 is 2.03 bits per heavy atom. The van der Waals surface area contributed by atoms with E-state index in [1.54, 1.807) is 42.5 Å². The summed E-state index contributed by atoms with van der Waals surface area (Å²) in [6, 6.07) is 13.4. The van der Waals surface area contributed by atoms with Crippen LogP contribution in [0.3, 0.4) is 0 Å². The second kappa shape index (κ2) is 10.9. The van der Waals surface area contributed by atoms with Gasteiger partial charge in [0.05, 0.1) is 39.6 Å². The molecule has 168 valence electrons. The van der Waals surface area contributed by atoms with Crippen molar-refractivity contribution >= 4 is 16.8 Å². The van der Waals surface area contributed by atoms with Gasteiger partial charge in [0.15, 0.2) is 11.5 Å². The van der Waals surface area contributed by atoms with E-state index in [-0.39, 0.29) is 12.2 Å². The van der Waals surface area contributed by atoms with E-state index in [0.717, 1.165) is 0 Å². The molecule has 0 spiro atoms. The molecule has 8 heteroatoms. The minimum absolute atomic E-state index is 0.0431. The first-order valence-corrected chi connectivity index (χ1v) is 10.4. The minimum Gasteiger partial charge on any atom is -0.487 e. The van der Waals surface area contributed by atoms with E-state index in [2.05, 4.69) is 0 Å². The Balaban J connectivity index is 1.57. The molecular weight excluding hydrogens is 416 g/mol. The number of hydrogen-bond acceptors (Lipinski definition) is 8. The SMILES string of the molecule is O=C(c1ccc2c(c1)OCCOCCOCCOCCO2)c1cc2ccccc2oc1=O. The maximum atomic E-state index is 13.1. The predicted molar refractivity (Wildman–Crippen MR) is 116 cm³/mol. The minimum atomic E-state index is -0.685. The number of para-hydroxylation sites is 1. The van der Waals surface area contributed by atoms with Crippen LogP contribution in [0.15, 0.2) is 57.7 Å². The Morgan fingerprint density at radius 1 is 0.688 bits per heavy atom. The van der Waals surface area contributed by atoms with E-state index >= 15 is 0 Å². The summed E-state index contributed by atoms with van der Waals surface area (Å²) in [4.78, 5) is 25.5. The summed E-state index contributed by atoms with van der Waals surface area (Å²) in [5.41, 5.74) is -0.00922. The van der Waals surface area contributed by atoms with Crippen molar-refractivity contribution in [1.29, 1.82) is 0 Å². The Kier molecular flexibility index (Phi) is 7.50. The molecule has 1 aliphatic rings. The summed E-state index contributed by atoms with van der Waals surface area (Å²) in [7, 11) is 0. The van der Waals surface area contributed by atoms with E-state index in [1.165, 1.54) is 0 Å². The third-order valence-corrected chi connectivity index (χ3v) is 4.81. The van der Waals surface area contributed by atoms with Crippen LogP contribution in [-0.2, 0) is 14.2 Å². The third kappa shape index (κ3) is 5.53. The smallest absolute Gasteiger partial charge is 0.347 e. The van der Waals surface area contributed by atoms with E-state index in [9.17, 15) is 9.59 Å². The molecule has 0 atom stereocenters. The first kappa shape index (κ1) is 22.0. The van der Waals surface area contributed by atoms with Gasteiger partial charge in [-0.05, 0) is 30.3 Å². The van der Waals surface area contributed by atoms with Gasteiger partial charge in [0.1, 0.15) is 24.4 Å². The lowest BCUT2D eigenvalue weighted by molar-refractivity contribution is 0.00708. The Hall–Kier alpha value is -3.20. The lowest BCUT2D eigenvalue weighted by Gasteiger charge is -2.14. The van der Waals surface area contributed by atoms with Crippen molar-refractivity contribution in [1.82, 2.24) is 0 Å². The van der Waals surface area contributed by atoms with Gasteiger partial charge in [-0.3, -0.25) is 4.79 Å². The molecule has 4 rings (SSSR count). The van der Waals surface area contributed by atoms with E-state index < -0.39 is 11.4 Å². The molecule has 0 saturated heterocycles. The zero-order valence-electron chi connectivity index (χ0n) is 17.5. The fraction of sp³-hybridized carbons (Fsp3) is 0.333. The molecular formula is C24H24O8. The number of ketones is 1. The van der Waals surface area contributed by atoms with E-state index in [0.29, 0.717) is 74.3 Å². The predicted octanol–water partition coefficient (Wildman–Crippen LogP) is 2.85. The molecule has 0 N–H and O–H groups in total. The van der Waals surface area contributed by atoms with Gasteiger partial charge < -0.3 is 28.1 Å². The summed E-state index contributed by atoms with van der Waals surface area (Å²) >= 11 is 0. The average Bonchev–Trinajstić information content (AvgIpc) is 2.82. The highest BCUT2D eigenvalue weighted by Gasteiger charge is 2.18. The highest BCUT2D eigenvalue weighted by atomic mass is 16.6. The number of carbonyl (C=O) groups is 1. The number of fused-ring (bicyclic) bond motifs is 2. The molecule has 32 heavy (non-hydrogen) atoms. The molecule has 1 aromatic heterocycles. The maximum absolute atomic E-state index is 13.1. The molecule has 0 bridgehead atoms. The third-order valence-electron chi connectivity index (χ3n) is 4.81. The van der Waals surface area contributed by atoms with Gasteiger partial charge >= 0.3 is 5.63 Å². The highest BCUT2D eigenvalue weighted by molar-refractivity contribution is 6.10. The molecule has 2 aromatic carbocycles. The maximum Gasteiger partial charge on any atom is 0.347 e. The van der Waals surface area contributed by atoms with Crippen molar-refractivity contribution in [3.05, 3.63) is 70.1 Å². The molecule has 3 aromatic rings. The summed E-state index contributed by atoms with van der Waals surface area (Å²) in [6.45, 7) is 3.20. The normalized spacial score (nSPS) is 16.1. The topological polar surface area (TPSA) is 93.4 Å². The number of carbonyl (C=O) groups excluding carboxylic acids is 1. The van der Waals surface area contributed by atoms with Crippen molar-refractivity contribution in [2.75, 3.05) is 52.9 Å². The monoisotopic (exact) mass is 440 g/mol. The van der Waals surface area contributed by atoms with Gasteiger partial charge in [0, 0.05) is 10.9 Å². The van der Waals surface area contributed by atoms with Gasteiger partial charge in [-0.2, -0.15) is 0 Å². The lowest BCUT2D eigenvalue weighted by Crippen LogP contribution is -2.15. The largest absolute Gasteiger partial charge is 0.487 e. The van der Waals surface area contributed by atoms with Crippen LogP contribution >= 0.6 is 0 Å². The Labute approximate surface area is 184 Å². The quantitative estimate of drug-likeness (QED) is 0.444. The van der Waals surface area contributed by atoms with Crippen molar-refractivity contribution in [2.24, 2.45) is 0 Å². The van der Waals surface area contributed by atoms with Crippen LogP contribution in [-0.4, -0.2) is 58.6 Å². The summed E-state index contributed by atoms with van der Waals surface area (Å²) in [6.07, 6.45) is 0. The molecule has 0 unspecified atom stereocenters. The summed E-state index contributed by atoms with van der Waals surface area (Å²) in [5, 5.41) is 0.672. The number of benzene rings is 2. The first-order valence-electron chi connectivity index (χ1n) is 10.4. The van der Waals surface area contributed by atoms with Gasteiger partial charge in [-0.25, -0.2) is 4.79 Å². The van der Waals surface area contributed by atoms with Crippen LogP contribution in [0.2, 0.25) is 0 Å². The van der Waals surface area contributed by atoms with Gasteiger partial charge in [0.25, 0.3) is 0 Å². The molecule has 0 amide bonds. The zero-order valence-corrected chi connectivity index (χ0v) is 17.5. The number of ether oxygens (including phenoxy) is 5. The Morgan fingerprint density at radius 2 is 1.31 bits per heavy atom. The molecule has 0 fully saturated rings. The van der Waals surface area contributed by atoms with Gasteiger partial charge in [-0.15, -0.1) is 0 Å². The van der Waals surface area contributed by atoms with Crippen LogP contribution in [0.5, 0.6) is 11.5 Å². The Bertz CT molecular complexity index is 1120. The van der Waals surface area contributed by atoms with Crippen molar-refractivity contribution in [3.8, 4) is 11.5 Å². The molecule has 1 aliphatic heterocycles. The first-order chi connectivity index (χ1) is 15.7. The fourth-order valence-corrected chi connectivity index (χ4v) is 3.22. The zero-order chi connectivity index (χ0) is 22.2. The molecule has 0 aliphatic carbocycles. The van der Waals surface area contributed by atoms with Crippen molar-refractivity contribution in [2.45, 2.75) is 0 Å². The molecule has 0 radical (unpaired) electrons. The average molecular weight is 440 g/mol. The second-order valence-corrected chi connectivity index (χ2v) is 7.01. The lowest BCUT2D eigenvalue weighted by atomic mass is 10.0. The second-order valence-electron chi connectivity index (χ2n) is 7.01. The summed E-state index contributed by atoms with van der Waals surface area (Å²) in [5.74, 6) is 0.404. The van der Waals surface area contributed by atoms with Crippen LogP contribution in [0.4, 0.5) is 0 Å². The number of hydrogen-bond donors (Lipinski definition) is 0. The highest BCUT2D eigenvalue weighted by Crippen LogP contribution is 2.29. The standard InChI is InChI=1S/C24H24O8/c25-23(19-15-17-3-1-2-4-20(17)32-24(19)26)18-5-6-21-22(16-18)31-14-12-29-10-8-27-7-9-28-11-13-30-21/h1-6,15-16H,7-14H2. The van der Waals surface area contributed by atoms with Crippen molar-refractivity contribution in [3.63, 3.8) is 0 Å². The van der Waals surface area contributed by atoms with Crippen LogP contribution in [0.1, 0.15) is 15.9 Å². The van der Waals surface area contributed by atoms with Crippen LogP contribution < -0.4 is 15.1 Å². The van der Waals surface area contributed by atoms with E-state index in [1.807, 2.05) is 6.07 Å². The van der Waals surface area contributed by atoms with Crippen LogP contribution in [0.25, 0.3) is 11.0 Å². The molecule has 0 saturated carbocycles. The van der Waals surface area contributed by atoms with Gasteiger partial charge in [-0.1, -0.05) is 18.2 Å². The molecule has 2 heterocycles. The van der Waals surface area contributed by atoms with Crippen LogP contribution in [0, 0.1) is 0 Å². The van der Waals surface area contributed by atoms with E-state index in [4.69, 9.17) is 28.1 Å². The van der Waals surface area contributed by atoms with Gasteiger partial charge in [0.2, 0.25) is 5.78 Å². The number of rotatable bonds is 2. The van der Waals surface area contributed by atoms with Crippen molar-refractivity contribution < 1.29 is 32.9 Å². The fourth-order valence-electron chi connectivity index (χ4n) is 3.22.